The Bertz CT molecular complexity index is 754. The van der Waals surface area contributed by atoms with E-state index in [2.05, 4.69) is 17.2 Å². The topological polar surface area (TPSA) is 44.9 Å². The molecule has 0 atom stereocenters. The van der Waals surface area contributed by atoms with Gasteiger partial charge in [-0.1, -0.05) is 24.3 Å². The fraction of sp³-hybridized carbons (Fsp3) is 0.118. The number of aromatic amines is 1. The molecule has 0 fully saturated rings. The molecule has 0 unspecified atom stereocenters. The number of nitrogens with one attached hydrogen (secondary N) is 2. The van der Waals surface area contributed by atoms with E-state index in [1.807, 2.05) is 55.5 Å². The predicted molar refractivity (Wildman–Crippen MR) is 82.2 cm³/mol. The summed E-state index contributed by atoms with van der Waals surface area (Å²) < 4.78 is 0. The highest BCUT2D eigenvalue weighted by molar-refractivity contribution is 6.05. The van der Waals surface area contributed by atoms with E-state index in [0.717, 1.165) is 16.6 Å². The van der Waals surface area contributed by atoms with Gasteiger partial charge in [0.05, 0.1) is 0 Å². The smallest absolute Gasteiger partial charge is 0.272 e. The van der Waals surface area contributed by atoms with Crippen LogP contribution in [0.2, 0.25) is 0 Å². The molecule has 1 heterocycles. The molecule has 3 aromatic rings. The summed E-state index contributed by atoms with van der Waals surface area (Å²) in [7, 11) is 0. The highest BCUT2D eigenvalue weighted by atomic mass is 16.1. The number of carbonyl (C=O) groups is 1. The number of amides is 1. The molecule has 1 aromatic heterocycles. The second-order valence-electron chi connectivity index (χ2n) is 5.02. The van der Waals surface area contributed by atoms with Crippen molar-refractivity contribution in [3.8, 4) is 0 Å². The molecule has 0 aliphatic rings. The number of fused-ring (bicyclic) bond motifs is 1. The van der Waals surface area contributed by atoms with Gasteiger partial charge < -0.3 is 10.3 Å². The first-order chi connectivity index (χ1) is 9.63. The number of para-hydroxylation sites is 1. The molecule has 1 amide bonds. The summed E-state index contributed by atoms with van der Waals surface area (Å²) in [5.41, 5.74) is 4.74. The van der Waals surface area contributed by atoms with E-state index in [4.69, 9.17) is 0 Å². The van der Waals surface area contributed by atoms with Crippen LogP contribution in [0.1, 0.15) is 21.6 Å². The van der Waals surface area contributed by atoms with Crippen LogP contribution in [-0.2, 0) is 0 Å². The van der Waals surface area contributed by atoms with Crippen molar-refractivity contribution >= 4 is 22.5 Å². The van der Waals surface area contributed by atoms with Crippen LogP contribution in [0.5, 0.6) is 0 Å². The molecule has 3 heteroatoms. The van der Waals surface area contributed by atoms with Gasteiger partial charge in [-0.3, -0.25) is 4.79 Å². The zero-order valence-corrected chi connectivity index (χ0v) is 11.5. The fourth-order valence-electron chi connectivity index (χ4n) is 2.21. The maximum absolute atomic E-state index is 12.2. The Morgan fingerprint density at radius 2 is 1.80 bits per heavy atom. The summed E-state index contributed by atoms with van der Waals surface area (Å²) in [6.07, 6.45) is 0. The number of hydrogen-bond acceptors (Lipinski definition) is 1. The zero-order chi connectivity index (χ0) is 14.1. The molecular formula is C17H16N2O. The van der Waals surface area contributed by atoms with Gasteiger partial charge in [0.15, 0.2) is 0 Å². The van der Waals surface area contributed by atoms with Gasteiger partial charge in [0.1, 0.15) is 5.69 Å². The lowest BCUT2D eigenvalue weighted by molar-refractivity contribution is 0.102. The molecule has 100 valence electrons. The summed E-state index contributed by atoms with van der Waals surface area (Å²) in [6, 6.07) is 15.6. The zero-order valence-electron chi connectivity index (χ0n) is 11.5. The Labute approximate surface area is 117 Å². The first kappa shape index (κ1) is 12.5. The van der Waals surface area contributed by atoms with Crippen molar-refractivity contribution in [3.63, 3.8) is 0 Å². The lowest BCUT2D eigenvalue weighted by Gasteiger charge is -2.06. The monoisotopic (exact) mass is 264 g/mol. The highest BCUT2D eigenvalue weighted by Crippen LogP contribution is 2.18. The van der Waals surface area contributed by atoms with E-state index in [1.165, 1.54) is 11.1 Å². The Morgan fingerprint density at radius 3 is 2.55 bits per heavy atom. The van der Waals surface area contributed by atoms with Crippen LogP contribution in [0, 0.1) is 13.8 Å². The third-order valence-electron chi connectivity index (χ3n) is 3.54. The SMILES string of the molecule is Cc1ccc(NC(=O)c2cc3ccccc3[nH]2)cc1C. The molecule has 0 aliphatic heterocycles. The van der Waals surface area contributed by atoms with Crippen LogP contribution in [0.25, 0.3) is 10.9 Å². The van der Waals surface area contributed by atoms with Crippen molar-refractivity contribution < 1.29 is 4.79 Å². The van der Waals surface area contributed by atoms with Gasteiger partial charge in [-0.25, -0.2) is 0 Å². The Morgan fingerprint density at radius 1 is 1.00 bits per heavy atom. The normalized spacial score (nSPS) is 10.7. The summed E-state index contributed by atoms with van der Waals surface area (Å²) in [6.45, 7) is 4.09. The van der Waals surface area contributed by atoms with Gasteiger partial charge in [-0.15, -0.1) is 0 Å². The van der Waals surface area contributed by atoms with Crippen LogP contribution in [0.4, 0.5) is 5.69 Å². The molecule has 3 rings (SSSR count). The number of anilines is 1. The van der Waals surface area contributed by atoms with Gasteiger partial charge in [0.25, 0.3) is 5.91 Å². The van der Waals surface area contributed by atoms with Crippen molar-refractivity contribution in [1.82, 2.24) is 4.98 Å². The Kier molecular flexibility index (Phi) is 3.03. The van der Waals surface area contributed by atoms with Crippen LogP contribution < -0.4 is 5.32 Å². The average Bonchev–Trinajstić information content (AvgIpc) is 2.87. The first-order valence-corrected chi connectivity index (χ1v) is 6.60. The molecule has 0 saturated heterocycles. The van der Waals surface area contributed by atoms with Crippen LogP contribution >= 0.6 is 0 Å². The summed E-state index contributed by atoms with van der Waals surface area (Å²) in [5, 5.41) is 3.96. The van der Waals surface area contributed by atoms with Crippen LogP contribution in [0.3, 0.4) is 0 Å². The number of hydrogen-bond donors (Lipinski definition) is 2. The standard InChI is InChI=1S/C17H16N2O/c1-11-7-8-14(9-12(11)2)18-17(20)16-10-13-5-3-4-6-15(13)19-16/h3-10,19H,1-2H3,(H,18,20). The van der Waals surface area contributed by atoms with Gasteiger partial charge in [-0.2, -0.15) is 0 Å². The molecule has 20 heavy (non-hydrogen) atoms. The number of carbonyl (C=O) groups excluding carboxylic acids is 1. The molecule has 0 aliphatic carbocycles. The fourth-order valence-corrected chi connectivity index (χ4v) is 2.21. The maximum Gasteiger partial charge on any atom is 0.272 e. The summed E-state index contributed by atoms with van der Waals surface area (Å²) in [5.74, 6) is -0.121. The van der Waals surface area contributed by atoms with Crippen molar-refractivity contribution in [3.05, 3.63) is 65.4 Å². The van der Waals surface area contributed by atoms with Gasteiger partial charge in [0, 0.05) is 16.6 Å². The van der Waals surface area contributed by atoms with Crippen LogP contribution in [0.15, 0.2) is 48.5 Å². The number of rotatable bonds is 2. The number of benzene rings is 2. The number of aryl methyl sites for hydroxylation is 2. The average molecular weight is 264 g/mol. The molecular weight excluding hydrogens is 248 g/mol. The second kappa shape index (κ2) is 4.85. The molecule has 0 bridgehead atoms. The largest absolute Gasteiger partial charge is 0.351 e. The minimum Gasteiger partial charge on any atom is -0.351 e. The number of H-pyrrole nitrogens is 1. The van der Waals surface area contributed by atoms with Crippen molar-refractivity contribution in [1.29, 1.82) is 0 Å². The third kappa shape index (κ3) is 2.30. The first-order valence-electron chi connectivity index (χ1n) is 6.60. The third-order valence-corrected chi connectivity index (χ3v) is 3.54. The second-order valence-corrected chi connectivity index (χ2v) is 5.02. The maximum atomic E-state index is 12.2. The summed E-state index contributed by atoms with van der Waals surface area (Å²) >= 11 is 0. The number of aromatic nitrogens is 1. The molecule has 3 nitrogen and oxygen atoms in total. The van der Waals surface area contributed by atoms with E-state index in [-0.39, 0.29) is 5.91 Å². The quantitative estimate of drug-likeness (QED) is 0.721. The van der Waals surface area contributed by atoms with E-state index in [0.29, 0.717) is 5.69 Å². The van der Waals surface area contributed by atoms with E-state index >= 15 is 0 Å². The van der Waals surface area contributed by atoms with Crippen molar-refractivity contribution in [2.45, 2.75) is 13.8 Å². The lowest BCUT2D eigenvalue weighted by Crippen LogP contribution is -2.12. The molecule has 0 radical (unpaired) electrons. The Hall–Kier alpha value is -2.55. The molecule has 2 N–H and O–H groups in total. The Balaban J connectivity index is 1.86. The lowest BCUT2D eigenvalue weighted by atomic mass is 10.1. The summed E-state index contributed by atoms with van der Waals surface area (Å²) in [4.78, 5) is 15.4. The molecule has 0 saturated carbocycles. The van der Waals surface area contributed by atoms with Gasteiger partial charge >= 0.3 is 0 Å². The minimum absolute atomic E-state index is 0.121. The van der Waals surface area contributed by atoms with Gasteiger partial charge in [-0.05, 0) is 49.2 Å². The predicted octanol–water partition coefficient (Wildman–Crippen LogP) is 4.04. The molecule has 2 aromatic carbocycles. The highest BCUT2D eigenvalue weighted by Gasteiger charge is 2.09. The van der Waals surface area contributed by atoms with Gasteiger partial charge in [0.2, 0.25) is 0 Å². The van der Waals surface area contributed by atoms with Crippen molar-refractivity contribution in [2.24, 2.45) is 0 Å². The van der Waals surface area contributed by atoms with Crippen LogP contribution in [-0.4, -0.2) is 10.9 Å². The van der Waals surface area contributed by atoms with E-state index in [9.17, 15) is 4.79 Å². The minimum atomic E-state index is -0.121. The van der Waals surface area contributed by atoms with E-state index < -0.39 is 0 Å². The van der Waals surface area contributed by atoms with E-state index in [1.54, 1.807) is 0 Å². The molecule has 0 spiro atoms. The van der Waals surface area contributed by atoms with Crippen molar-refractivity contribution in [2.75, 3.05) is 5.32 Å².